The van der Waals surface area contributed by atoms with Crippen molar-refractivity contribution in [3.63, 3.8) is 0 Å². The van der Waals surface area contributed by atoms with Gasteiger partial charge >= 0.3 is 0 Å². The Hall–Kier alpha value is 0.270. The van der Waals surface area contributed by atoms with Gasteiger partial charge in [0, 0.05) is 17.0 Å². The molecule has 0 radical (unpaired) electrons. The average molecular weight is 163 g/mol. The van der Waals surface area contributed by atoms with Crippen LogP contribution in [0.1, 0.15) is 20.3 Å². The number of hydrogen-bond donors (Lipinski definition) is 2. The highest BCUT2D eigenvalue weighted by atomic mass is 32.2. The summed E-state index contributed by atoms with van der Waals surface area (Å²) in [6.45, 7) is 4.45. The van der Waals surface area contributed by atoms with E-state index in [1.54, 1.807) is 11.8 Å². The second kappa shape index (κ2) is 6.01. The van der Waals surface area contributed by atoms with E-state index in [1.165, 1.54) is 0 Å². The minimum Gasteiger partial charge on any atom is -0.396 e. The first-order valence-electron chi connectivity index (χ1n) is 3.70. The Bertz CT molecular complexity index is 80.0. The maximum Gasteiger partial charge on any atom is 0.0521 e. The molecule has 3 heteroatoms. The number of aliphatic hydroxyl groups is 1. The van der Waals surface area contributed by atoms with Crippen molar-refractivity contribution >= 4 is 11.8 Å². The molecule has 0 aromatic carbocycles. The molecule has 3 N–H and O–H groups in total. The Labute approximate surface area is 67.2 Å². The van der Waals surface area contributed by atoms with E-state index in [-0.39, 0.29) is 12.6 Å². The van der Waals surface area contributed by atoms with Crippen LogP contribution >= 0.6 is 11.8 Å². The predicted octanol–water partition coefficient (Wildman–Crippen LogP) is 0.838. The SMILES string of the molecule is CCC(N)C(C)SCCO. The summed E-state index contributed by atoms with van der Waals surface area (Å²) in [7, 11) is 0. The topological polar surface area (TPSA) is 46.2 Å². The van der Waals surface area contributed by atoms with Gasteiger partial charge in [-0.1, -0.05) is 13.8 Å². The van der Waals surface area contributed by atoms with Crippen LogP contribution < -0.4 is 5.73 Å². The van der Waals surface area contributed by atoms with Crippen LogP contribution in [0.15, 0.2) is 0 Å². The van der Waals surface area contributed by atoms with E-state index in [2.05, 4.69) is 13.8 Å². The van der Waals surface area contributed by atoms with Gasteiger partial charge in [0.1, 0.15) is 0 Å². The maximum atomic E-state index is 8.51. The van der Waals surface area contributed by atoms with Crippen molar-refractivity contribution < 1.29 is 5.11 Å². The van der Waals surface area contributed by atoms with Crippen LogP contribution in [-0.4, -0.2) is 28.8 Å². The van der Waals surface area contributed by atoms with Gasteiger partial charge < -0.3 is 10.8 Å². The summed E-state index contributed by atoms with van der Waals surface area (Å²) in [5.41, 5.74) is 5.75. The molecule has 62 valence electrons. The van der Waals surface area contributed by atoms with Crippen molar-refractivity contribution in [3.8, 4) is 0 Å². The normalized spacial score (nSPS) is 16.8. The van der Waals surface area contributed by atoms with E-state index in [1.807, 2.05) is 0 Å². The van der Waals surface area contributed by atoms with Gasteiger partial charge in [0.25, 0.3) is 0 Å². The number of nitrogens with two attached hydrogens (primary N) is 1. The van der Waals surface area contributed by atoms with Gasteiger partial charge in [0.15, 0.2) is 0 Å². The molecule has 0 saturated carbocycles. The van der Waals surface area contributed by atoms with Gasteiger partial charge in [0.05, 0.1) is 6.61 Å². The van der Waals surface area contributed by atoms with Crippen molar-refractivity contribution in [3.05, 3.63) is 0 Å². The number of aliphatic hydroxyl groups excluding tert-OH is 1. The zero-order valence-corrected chi connectivity index (χ0v) is 7.53. The second-order valence-electron chi connectivity index (χ2n) is 2.37. The van der Waals surface area contributed by atoms with E-state index < -0.39 is 0 Å². The molecule has 0 saturated heterocycles. The fourth-order valence-corrected chi connectivity index (χ4v) is 1.61. The van der Waals surface area contributed by atoms with Gasteiger partial charge in [-0.05, 0) is 6.42 Å². The Morgan fingerprint density at radius 3 is 2.60 bits per heavy atom. The third-order valence-corrected chi connectivity index (χ3v) is 2.84. The van der Waals surface area contributed by atoms with Gasteiger partial charge in [-0.2, -0.15) is 11.8 Å². The molecule has 10 heavy (non-hydrogen) atoms. The standard InChI is InChI=1S/C7H17NOS/c1-3-7(8)6(2)10-5-4-9/h6-7,9H,3-5,8H2,1-2H3. The molecule has 0 amide bonds. The van der Waals surface area contributed by atoms with Crippen LogP contribution in [0.2, 0.25) is 0 Å². The predicted molar refractivity (Wildman–Crippen MR) is 47.3 cm³/mol. The molecule has 2 atom stereocenters. The highest BCUT2D eigenvalue weighted by Crippen LogP contribution is 2.13. The van der Waals surface area contributed by atoms with Crippen LogP contribution in [0.5, 0.6) is 0 Å². The zero-order valence-electron chi connectivity index (χ0n) is 6.71. The molecule has 0 aromatic heterocycles. The van der Waals surface area contributed by atoms with Gasteiger partial charge in [0.2, 0.25) is 0 Å². The van der Waals surface area contributed by atoms with Crippen molar-refractivity contribution in [2.24, 2.45) is 5.73 Å². The molecule has 0 fully saturated rings. The lowest BCUT2D eigenvalue weighted by molar-refractivity contribution is 0.322. The molecule has 2 unspecified atom stereocenters. The van der Waals surface area contributed by atoms with Crippen LogP contribution in [0.4, 0.5) is 0 Å². The molecule has 0 rings (SSSR count). The summed E-state index contributed by atoms with van der Waals surface area (Å²) in [5, 5.41) is 8.98. The lowest BCUT2D eigenvalue weighted by Crippen LogP contribution is -2.29. The zero-order chi connectivity index (χ0) is 7.98. The summed E-state index contributed by atoms with van der Waals surface area (Å²) < 4.78 is 0. The monoisotopic (exact) mass is 163 g/mol. The van der Waals surface area contributed by atoms with Crippen molar-refractivity contribution in [2.75, 3.05) is 12.4 Å². The minimum atomic E-state index is 0.255. The third-order valence-electron chi connectivity index (χ3n) is 1.55. The van der Waals surface area contributed by atoms with Gasteiger partial charge in [-0.15, -0.1) is 0 Å². The Morgan fingerprint density at radius 2 is 2.20 bits per heavy atom. The second-order valence-corrected chi connectivity index (χ2v) is 3.86. The molecule has 0 aromatic rings. The van der Waals surface area contributed by atoms with Crippen molar-refractivity contribution in [2.45, 2.75) is 31.6 Å². The van der Waals surface area contributed by atoms with E-state index in [0.717, 1.165) is 12.2 Å². The lowest BCUT2D eigenvalue weighted by Gasteiger charge is -2.16. The van der Waals surface area contributed by atoms with Crippen LogP contribution in [0.25, 0.3) is 0 Å². The van der Waals surface area contributed by atoms with E-state index in [9.17, 15) is 0 Å². The Kier molecular flexibility index (Phi) is 6.17. The maximum absolute atomic E-state index is 8.51. The molecule has 0 heterocycles. The Morgan fingerprint density at radius 1 is 1.60 bits per heavy atom. The van der Waals surface area contributed by atoms with E-state index >= 15 is 0 Å². The van der Waals surface area contributed by atoms with Crippen LogP contribution in [0, 0.1) is 0 Å². The van der Waals surface area contributed by atoms with E-state index in [4.69, 9.17) is 10.8 Å². The molecule has 0 aliphatic rings. The highest BCUT2D eigenvalue weighted by Gasteiger charge is 2.09. The minimum absolute atomic E-state index is 0.255. The molecular weight excluding hydrogens is 146 g/mol. The first kappa shape index (κ1) is 10.3. The smallest absolute Gasteiger partial charge is 0.0521 e. The van der Waals surface area contributed by atoms with Crippen LogP contribution in [0.3, 0.4) is 0 Å². The fourth-order valence-electron chi connectivity index (χ4n) is 0.694. The molecule has 0 spiro atoms. The number of rotatable bonds is 5. The van der Waals surface area contributed by atoms with Gasteiger partial charge in [-0.3, -0.25) is 0 Å². The van der Waals surface area contributed by atoms with Crippen LogP contribution in [-0.2, 0) is 0 Å². The average Bonchev–Trinajstić information content (AvgIpc) is 1.98. The largest absolute Gasteiger partial charge is 0.396 e. The van der Waals surface area contributed by atoms with Crippen molar-refractivity contribution in [1.82, 2.24) is 0 Å². The first-order chi connectivity index (χ1) is 4.72. The summed E-state index contributed by atoms with van der Waals surface area (Å²) >= 11 is 1.73. The summed E-state index contributed by atoms with van der Waals surface area (Å²) in [5.74, 6) is 0.800. The summed E-state index contributed by atoms with van der Waals surface area (Å²) in [6, 6.07) is 0.275. The molecule has 0 aliphatic carbocycles. The number of hydrogen-bond acceptors (Lipinski definition) is 3. The first-order valence-corrected chi connectivity index (χ1v) is 4.75. The lowest BCUT2D eigenvalue weighted by atomic mass is 10.2. The molecule has 2 nitrogen and oxygen atoms in total. The summed E-state index contributed by atoms with van der Waals surface area (Å²) in [6.07, 6.45) is 1.01. The number of thioether (sulfide) groups is 1. The summed E-state index contributed by atoms with van der Waals surface area (Å²) in [4.78, 5) is 0. The molecule has 0 bridgehead atoms. The molecule has 0 aliphatic heterocycles. The molecular formula is C7H17NOS. The van der Waals surface area contributed by atoms with E-state index in [0.29, 0.717) is 5.25 Å². The fraction of sp³-hybridized carbons (Fsp3) is 1.00. The highest BCUT2D eigenvalue weighted by molar-refractivity contribution is 7.99. The third kappa shape index (κ3) is 4.14. The quantitative estimate of drug-likeness (QED) is 0.631. The Balaban J connectivity index is 3.31. The van der Waals surface area contributed by atoms with Crippen molar-refractivity contribution in [1.29, 1.82) is 0 Å². The van der Waals surface area contributed by atoms with Gasteiger partial charge in [-0.25, -0.2) is 0 Å².